The molecule has 1 aromatic rings. The first-order valence-electron chi connectivity index (χ1n) is 5.51. The molecule has 1 heterocycles. The van der Waals surface area contributed by atoms with E-state index in [9.17, 15) is 0 Å². The molecule has 17 heavy (non-hydrogen) atoms. The molecule has 3 N–H and O–H groups in total. The van der Waals surface area contributed by atoms with Crippen LogP contribution in [0.4, 0.5) is 0 Å². The molecule has 0 atom stereocenters. The number of rotatable bonds is 6. The average molecular weight is 272 g/mol. The number of halogens is 1. The van der Waals surface area contributed by atoms with E-state index in [4.69, 9.17) is 22.7 Å². The summed E-state index contributed by atoms with van der Waals surface area (Å²) in [6.07, 6.45) is 3.64. The Kier molecular flexibility index (Phi) is 5.28. The van der Waals surface area contributed by atoms with Gasteiger partial charge in [-0.05, 0) is 30.7 Å². The summed E-state index contributed by atoms with van der Waals surface area (Å²) >= 11 is 7.65. The van der Waals surface area contributed by atoms with Crippen molar-refractivity contribution in [2.75, 3.05) is 5.75 Å². The molecule has 0 aliphatic carbocycles. The quantitative estimate of drug-likeness (QED) is 0.360. The summed E-state index contributed by atoms with van der Waals surface area (Å²) < 4.78 is 0. The number of thioether (sulfide) groups is 1. The van der Waals surface area contributed by atoms with Crippen LogP contribution in [0.2, 0.25) is 5.02 Å². The van der Waals surface area contributed by atoms with Crippen molar-refractivity contribution in [2.45, 2.75) is 31.7 Å². The molecule has 0 saturated heterocycles. The predicted octanol–water partition coefficient (Wildman–Crippen LogP) is 3.57. The zero-order chi connectivity index (χ0) is 12.9. The Morgan fingerprint density at radius 3 is 2.88 bits per heavy atom. The highest BCUT2D eigenvalue weighted by Gasteiger charge is 2.20. The van der Waals surface area contributed by atoms with E-state index in [-0.39, 0.29) is 11.3 Å². The zero-order valence-corrected chi connectivity index (χ0v) is 11.7. The lowest BCUT2D eigenvalue weighted by atomic mass is 9.87. The van der Waals surface area contributed by atoms with Gasteiger partial charge in [0.15, 0.2) is 0 Å². The molecule has 1 aromatic heterocycles. The van der Waals surface area contributed by atoms with Crippen molar-refractivity contribution in [3.63, 3.8) is 0 Å². The van der Waals surface area contributed by atoms with Crippen LogP contribution in [0.25, 0.3) is 0 Å². The van der Waals surface area contributed by atoms with Gasteiger partial charge >= 0.3 is 0 Å². The number of pyridine rings is 1. The Morgan fingerprint density at radius 1 is 1.59 bits per heavy atom. The lowest BCUT2D eigenvalue weighted by Gasteiger charge is -2.22. The monoisotopic (exact) mass is 271 g/mol. The van der Waals surface area contributed by atoms with Gasteiger partial charge in [-0.15, -0.1) is 11.8 Å². The first-order chi connectivity index (χ1) is 7.93. The Bertz CT molecular complexity index is 393. The smallest absolute Gasteiger partial charge is 0.115 e. The van der Waals surface area contributed by atoms with Crippen LogP contribution in [0.3, 0.4) is 0 Å². The summed E-state index contributed by atoms with van der Waals surface area (Å²) in [5.41, 5.74) is 5.32. The van der Waals surface area contributed by atoms with Crippen LogP contribution in [-0.2, 0) is 0 Å². The van der Waals surface area contributed by atoms with Gasteiger partial charge in [-0.1, -0.05) is 25.4 Å². The molecule has 0 aromatic carbocycles. The minimum absolute atomic E-state index is 0.214. The maximum Gasteiger partial charge on any atom is 0.115 e. The highest BCUT2D eigenvalue weighted by molar-refractivity contribution is 7.99. The number of nitrogens with one attached hydrogen (secondary N) is 1. The maximum absolute atomic E-state index is 7.47. The summed E-state index contributed by atoms with van der Waals surface area (Å²) in [5, 5.41) is 9.04. The van der Waals surface area contributed by atoms with E-state index in [1.807, 2.05) is 26.0 Å². The minimum atomic E-state index is -0.214. The third-order valence-electron chi connectivity index (χ3n) is 2.64. The largest absolute Gasteiger partial charge is 0.387 e. The molecule has 0 aliphatic rings. The van der Waals surface area contributed by atoms with Crippen molar-refractivity contribution in [3.05, 3.63) is 23.4 Å². The van der Waals surface area contributed by atoms with Crippen molar-refractivity contribution in [3.8, 4) is 0 Å². The van der Waals surface area contributed by atoms with E-state index < -0.39 is 0 Å². The van der Waals surface area contributed by atoms with Crippen LogP contribution in [0.15, 0.2) is 23.4 Å². The molecule has 94 valence electrons. The van der Waals surface area contributed by atoms with Gasteiger partial charge in [-0.2, -0.15) is 0 Å². The number of amidine groups is 1. The molecule has 0 fully saturated rings. The van der Waals surface area contributed by atoms with Crippen LogP contribution in [0.1, 0.15) is 26.7 Å². The van der Waals surface area contributed by atoms with Gasteiger partial charge in [0.05, 0.1) is 10.9 Å². The van der Waals surface area contributed by atoms with Crippen molar-refractivity contribution >= 4 is 29.2 Å². The van der Waals surface area contributed by atoms with Crippen LogP contribution < -0.4 is 5.73 Å². The molecule has 0 amide bonds. The van der Waals surface area contributed by atoms with Gasteiger partial charge in [-0.3, -0.25) is 5.41 Å². The van der Waals surface area contributed by atoms with Gasteiger partial charge in [0.1, 0.15) is 5.03 Å². The summed E-state index contributed by atoms with van der Waals surface area (Å²) in [5.74, 6) is 1.19. The van der Waals surface area contributed by atoms with Crippen LogP contribution >= 0.6 is 23.4 Å². The fourth-order valence-electron chi connectivity index (χ4n) is 1.30. The van der Waals surface area contributed by atoms with Gasteiger partial charge in [0.25, 0.3) is 0 Å². The first-order valence-corrected chi connectivity index (χ1v) is 6.87. The van der Waals surface area contributed by atoms with Gasteiger partial charge in [0, 0.05) is 11.6 Å². The molecule has 0 spiro atoms. The fourth-order valence-corrected chi connectivity index (χ4v) is 2.40. The molecule has 0 unspecified atom stereocenters. The number of nitrogens with zero attached hydrogens (tertiary/aromatic N) is 1. The summed E-state index contributed by atoms with van der Waals surface area (Å²) in [6, 6.07) is 3.67. The fraction of sp³-hybridized carbons (Fsp3) is 0.500. The first kappa shape index (κ1) is 14.3. The standard InChI is InChI=1S/C12H18ClN3S/c1-12(2,11(14)15)6-4-8-17-10-9(13)5-3-7-16-10/h3,5,7H,4,6,8H2,1-2H3,(H3,14,15). The Hall–Kier alpha value is -0.740. The van der Waals surface area contributed by atoms with E-state index in [2.05, 4.69) is 4.98 Å². The highest BCUT2D eigenvalue weighted by Crippen LogP contribution is 2.27. The normalized spacial score (nSPS) is 11.5. The lowest BCUT2D eigenvalue weighted by Crippen LogP contribution is -2.30. The van der Waals surface area contributed by atoms with Crippen molar-refractivity contribution < 1.29 is 0 Å². The number of hydrogen-bond donors (Lipinski definition) is 2. The molecule has 0 bridgehead atoms. The topological polar surface area (TPSA) is 62.8 Å². The average Bonchev–Trinajstić information content (AvgIpc) is 2.26. The van der Waals surface area contributed by atoms with E-state index >= 15 is 0 Å². The maximum atomic E-state index is 7.47. The molecule has 1 rings (SSSR count). The molecular formula is C12H18ClN3S. The van der Waals surface area contributed by atoms with Crippen LogP contribution in [-0.4, -0.2) is 16.6 Å². The number of nitrogens with two attached hydrogens (primary N) is 1. The number of hydrogen-bond acceptors (Lipinski definition) is 3. The summed E-state index contributed by atoms with van der Waals surface area (Å²) in [4.78, 5) is 4.21. The van der Waals surface area contributed by atoms with Crippen LogP contribution in [0, 0.1) is 10.8 Å². The third-order valence-corrected chi connectivity index (χ3v) is 4.15. The predicted molar refractivity (Wildman–Crippen MR) is 74.9 cm³/mol. The van der Waals surface area contributed by atoms with E-state index in [1.54, 1.807) is 18.0 Å². The molecule has 0 aliphatic heterocycles. The minimum Gasteiger partial charge on any atom is -0.387 e. The zero-order valence-electron chi connectivity index (χ0n) is 10.2. The lowest BCUT2D eigenvalue weighted by molar-refractivity contribution is 0.464. The Labute approximate surface area is 112 Å². The number of aromatic nitrogens is 1. The Balaban J connectivity index is 2.35. The van der Waals surface area contributed by atoms with E-state index in [1.165, 1.54) is 0 Å². The second-order valence-electron chi connectivity index (χ2n) is 4.54. The Morgan fingerprint density at radius 2 is 2.29 bits per heavy atom. The van der Waals surface area contributed by atoms with Crippen molar-refractivity contribution in [1.82, 2.24) is 4.98 Å². The molecular weight excluding hydrogens is 254 g/mol. The second kappa shape index (κ2) is 6.26. The molecule has 5 heteroatoms. The highest BCUT2D eigenvalue weighted by atomic mass is 35.5. The SMILES string of the molecule is CC(C)(CCCSc1ncccc1Cl)C(=N)N. The summed E-state index contributed by atoms with van der Waals surface area (Å²) in [6.45, 7) is 3.99. The van der Waals surface area contributed by atoms with Crippen molar-refractivity contribution in [1.29, 1.82) is 5.41 Å². The second-order valence-corrected chi connectivity index (χ2v) is 6.03. The molecule has 0 saturated carbocycles. The van der Waals surface area contributed by atoms with Gasteiger partial charge in [-0.25, -0.2) is 4.98 Å². The van der Waals surface area contributed by atoms with Crippen LogP contribution in [0.5, 0.6) is 0 Å². The van der Waals surface area contributed by atoms with E-state index in [0.717, 1.165) is 23.6 Å². The van der Waals surface area contributed by atoms with Gasteiger partial charge in [0.2, 0.25) is 0 Å². The van der Waals surface area contributed by atoms with Crippen molar-refractivity contribution in [2.24, 2.45) is 11.1 Å². The van der Waals surface area contributed by atoms with E-state index in [0.29, 0.717) is 5.02 Å². The third kappa shape index (κ3) is 4.56. The summed E-state index contributed by atoms with van der Waals surface area (Å²) in [7, 11) is 0. The van der Waals surface area contributed by atoms with Gasteiger partial charge < -0.3 is 5.73 Å². The molecule has 3 nitrogen and oxygen atoms in total. The molecule has 0 radical (unpaired) electrons.